The fraction of sp³-hybridized carbons (Fsp3) is 0.389. The minimum Gasteiger partial charge on any atom is -1.00 e. The van der Waals surface area contributed by atoms with Crippen molar-refractivity contribution in [3.63, 3.8) is 0 Å². The summed E-state index contributed by atoms with van der Waals surface area (Å²) < 4.78 is 68.8. The minimum atomic E-state index is -4.43. The molecule has 52 heavy (non-hydrogen) atoms. The smallest absolute Gasteiger partial charge is 0.333 e. The lowest BCUT2D eigenvalue weighted by atomic mass is 9.81. The molecule has 1 saturated heterocycles. The third-order valence-corrected chi connectivity index (χ3v) is 11.4. The van der Waals surface area contributed by atoms with Crippen LogP contribution in [0.1, 0.15) is 77.3 Å². The highest BCUT2D eigenvalue weighted by atomic mass is 79.9. The van der Waals surface area contributed by atoms with E-state index in [1.54, 1.807) is 12.1 Å². The summed E-state index contributed by atoms with van der Waals surface area (Å²) in [6.45, 7) is 8.43. The van der Waals surface area contributed by atoms with Crippen LogP contribution in [0.2, 0.25) is 0 Å². The molecule has 0 unspecified atom stereocenters. The molecule has 0 spiro atoms. The largest absolute Gasteiger partial charge is 1.00 e. The zero-order valence-corrected chi connectivity index (χ0v) is 32.7. The van der Waals surface area contributed by atoms with Crippen molar-refractivity contribution < 1.29 is 66.7 Å². The maximum Gasteiger partial charge on any atom is 0.333 e. The second-order valence-corrected chi connectivity index (χ2v) is 16.6. The van der Waals surface area contributed by atoms with Crippen molar-refractivity contribution in [3.05, 3.63) is 83.6 Å². The van der Waals surface area contributed by atoms with E-state index in [1.165, 1.54) is 24.3 Å². The Kier molecular flexibility index (Phi) is 11.9. The maximum absolute atomic E-state index is 12.2. The Morgan fingerprint density at radius 3 is 2.06 bits per heavy atom. The van der Waals surface area contributed by atoms with E-state index in [1.807, 2.05) is 69.7 Å². The van der Waals surface area contributed by atoms with Gasteiger partial charge in [0, 0.05) is 60.3 Å². The first-order chi connectivity index (χ1) is 23.7. The van der Waals surface area contributed by atoms with Crippen molar-refractivity contribution in [2.45, 2.75) is 86.8 Å². The van der Waals surface area contributed by atoms with Crippen LogP contribution in [0.4, 0.5) is 11.4 Å². The summed E-state index contributed by atoms with van der Waals surface area (Å²) in [6.07, 6.45) is 11.3. The molecule has 0 aromatic heterocycles. The highest BCUT2D eigenvalue weighted by molar-refractivity contribution is 7.86. The van der Waals surface area contributed by atoms with Crippen molar-refractivity contribution in [2.24, 2.45) is 0 Å². The number of benzene rings is 2. The molecule has 3 heterocycles. The van der Waals surface area contributed by atoms with Crippen LogP contribution in [-0.4, -0.2) is 72.7 Å². The van der Waals surface area contributed by atoms with Crippen molar-refractivity contribution in [1.29, 1.82) is 0 Å². The van der Waals surface area contributed by atoms with E-state index in [0.29, 0.717) is 30.9 Å². The normalized spacial score (nSPS) is 18.9. The van der Waals surface area contributed by atoms with Gasteiger partial charge >= 0.3 is 5.97 Å². The molecule has 5 rings (SSSR count). The Morgan fingerprint density at radius 2 is 1.44 bits per heavy atom. The van der Waals surface area contributed by atoms with Crippen LogP contribution >= 0.6 is 0 Å². The van der Waals surface area contributed by atoms with Crippen molar-refractivity contribution >= 4 is 55.1 Å². The highest BCUT2D eigenvalue weighted by Crippen LogP contribution is 2.48. The van der Waals surface area contributed by atoms with Gasteiger partial charge in [0.05, 0.1) is 15.2 Å². The number of halogens is 1. The number of carbonyl (C=O) groups is 3. The number of hydroxylamine groups is 2. The SMILES string of the molecule is C[N+]1=C(/C=C/C=C/C=C2\N(CCCCCC(=O)ON3C(=O)CCC3=O)c3ccc(S(=O)(=O)O)cc3C2(C)C)C(C)(C)c2cc(S(=O)(=O)O)ccc21.[Br-]. The van der Waals surface area contributed by atoms with Crippen LogP contribution in [-0.2, 0) is 50.3 Å². The number of nitrogens with zero attached hydrogens (tertiary/aromatic N) is 3. The number of amides is 2. The van der Waals surface area contributed by atoms with E-state index in [4.69, 9.17) is 4.84 Å². The van der Waals surface area contributed by atoms with Gasteiger partial charge in [-0.2, -0.15) is 21.4 Å². The van der Waals surface area contributed by atoms with Gasteiger partial charge in [0.2, 0.25) is 5.69 Å². The summed E-state index contributed by atoms with van der Waals surface area (Å²) >= 11 is 0. The van der Waals surface area contributed by atoms with Gasteiger partial charge in [-0.3, -0.25) is 18.7 Å². The average molecular weight is 821 g/mol. The molecule has 0 atom stereocenters. The third kappa shape index (κ3) is 8.15. The summed E-state index contributed by atoms with van der Waals surface area (Å²) in [5.41, 5.74) is 3.72. The van der Waals surface area contributed by atoms with Crippen LogP contribution in [0.5, 0.6) is 0 Å². The van der Waals surface area contributed by atoms with Crippen LogP contribution in [0.25, 0.3) is 0 Å². The van der Waals surface area contributed by atoms with E-state index in [2.05, 4.69) is 4.90 Å². The van der Waals surface area contributed by atoms with Gasteiger partial charge in [-0.25, -0.2) is 4.79 Å². The molecule has 3 aliphatic heterocycles. The number of hydrogen-bond acceptors (Lipinski definition) is 9. The molecule has 2 aromatic carbocycles. The standard InChI is InChI=1S/C36H41N3O10S2.BrH/c1-35(2)26-22-24(50(43,44)45)15-17-28(26)37(5)30(35)12-8-6-9-13-31-36(3,4)27-23-25(51(46,47)48)16-18-29(27)38(31)21-11-7-10-14-34(42)49-39-32(40)19-20-33(39)41;/h6,8-9,12-13,15-18,22-23H,7,10-11,14,19-21H2,1-5H3,(H-,43,44,45,46,47,48);1H. The monoisotopic (exact) mass is 819 g/mol. The number of anilines is 1. The van der Waals surface area contributed by atoms with Gasteiger partial charge in [0.25, 0.3) is 32.1 Å². The van der Waals surface area contributed by atoms with Gasteiger partial charge < -0.3 is 26.7 Å². The molecular formula is C36H42BrN3O10S2. The quantitative estimate of drug-likeness (QED) is 0.105. The van der Waals surface area contributed by atoms with Crippen molar-refractivity contribution in [2.75, 3.05) is 18.5 Å². The molecule has 2 amide bonds. The zero-order chi connectivity index (χ0) is 37.5. The lowest BCUT2D eigenvalue weighted by molar-refractivity contribution is -0.401. The Labute approximate surface area is 314 Å². The second kappa shape index (κ2) is 15.2. The first-order valence-corrected chi connectivity index (χ1v) is 19.4. The molecule has 13 nitrogen and oxygen atoms in total. The molecule has 0 bridgehead atoms. The van der Waals surface area contributed by atoms with Gasteiger partial charge in [0.1, 0.15) is 7.05 Å². The van der Waals surface area contributed by atoms with Gasteiger partial charge in [0.15, 0.2) is 5.71 Å². The molecule has 280 valence electrons. The molecule has 3 aliphatic rings. The number of rotatable bonds is 12. The van der Waals surface area contributed by atoms with Crippen LogP contribution in [0.15, 0.2) is 82.3 Å². The zero-order valence-electron chi connectivity index (χ0n) is 29.5. The van der Waals surface area contributed by atoms with Gasteiger partial charge in [-0.05, 0) is 68.7 Å². The number of allylic oxidation sites excluding steroid dienone is 6. The maximum atomic E-state index is 12.2. The Balaban J connectivity index is 0.00000605. The topological polar surface area (TPSA) is 179 Å². The molecule has 2 N–H and O–H groups in total. The molecule has 1 fully saturated rings. The van der Waals surface area contributed by atoms with E-state index in [9.17, 15) is 40.3 Å². The third-order valence-electron chi connectivity index (χ3n) is 9.66. The fourth-order valence-corrected chi connectivity index (χ4v) is 7.92. The minimum absolute atomic E-state index is 0. The molecule has 16 heteroatoms. The Bertz CT molecular complexity index is 2140. The Hall–Kier alpha value is -3.96. The molecular weight excluding hydrogens is 778 g/mol. The number of unbranched alkanes of at least 4 members (excludes halogenated alkanes) is 2. The van der Waals surface area contributed by atoms with Crippen molar-refractivity contribution in [1.82, 2.24) is 5.06 Å². The molecule has 0 saturated carbocycles. The lowest BCUT2D eigenvalue weighted by Gasteiger charge is -2.27. The highest BCUT2D eigenvalue weighted by Gasteiger charge is 2.44. The molecule has 0 radical (unpaired) electrons. The number of carbonyl (C=O) groups excluding carboxylic acids is 3. The summed E-state index contributed by atoms with van der Waals surface area (Å²) in [7, 11) is -6.90. The second-order valence-electron chi connectivity index (χ2n) is 13.8. The van der Waals surface area contributed by atoms with E-state index < -0.39 is 48.8 Å². The average Bonchev–Trinajstić information content (AvgIpc) is 3.54. The van der Waals surface area contributed by atoms with E-state index in [0.717, 1.165) is 33.9 Å². The van der Waals surface area contributed by atoms with Crippen molar-refractivity contribution in [3.8, 4) is 0 Å². The van der Waals surface area contributed by atoms with Crippen LogP contribution < -0.4 is 21.9 Å². The summed E-state index contributed by atoms with van der Waals surface area (Å²) in [6, 6.07) is 9.07. The molecule has 0 aliphatic carbocycles. The van der Waals surface area contributed by atoms with Crippen LogP contribution in [0.3, 0.4) is 0 Å². The first kappa shape index (κ1) is 40.8. The number of fused-ring (bicyclic) bond motifs is 2. The molecule has 2 aromatic rings. The van der Waals surface area contributed by atoms with E-state index >= 15 is 0 Å². The fourth-order valence-electron chi connectivity index (χ4n) is 6.91. The van der Waals surface area contributed by atoms with Gasteiger partial charge in [-0.15, -0.1) is 5.06 Å². The number of imide groups is 1. The first-order valence-electron chi connectivity index (χ1n) is 16.5. The Morgan fingerprint density at radius 1 is 0.846 bits per heavy atom. The summed E-state index contributed by atoms with van der Waals surface area (Å²) in [5.74, 6) is -1.71. The number of hydrogen-bond donors (Lipinski definition) is 2. The van der Waals surface area contributed by atoms with E-state index in [-0.39, 0.29) is 46.0 Å². The van der Waals surface area contributed by atoms with Crippen LogP contribution in [0, 0.1) is 0 Å². The summed E-state index contributed by atoms with van der Waals surface area (Å²) in [4.78, 5) is 42.4. The lowest BCUT2D eigenvalue weighted by Crippen LogP contribution is -3.00. The van der Waals surface area contributed by atoms with Gasteiger partial charge in [-0.1, -0.05) is 38.5 Å². The predicted molar refractivity (Wildman–Crippen MR) is 189 cm³/mol. The summed E-state index contributed by atoms with van der Waals surface area (Å²) in [5, 5.41) is 0.541. The predicted octanol–water partition coefficient (Wildman–Crippen LogP) is 2.15.